The van der Waals surface area contributed by atoms with E-state index >= 15 is 0 Å². The standard InChI is InChI=1S/C20H30N6.HI/c1-15-23-18-11-10-17(13-26(18)25-15)24-19(21-4)22-14-20(2,3)12-16-8-6-5-7-9-16;/h5-9,17H,10-14H2,1-4H3,(H2,21,22,24);1H. The molecule has 1 aliphatic rings. The molecule has 0 fully saturated rings. The molecule has 1 atom stereocenters. The number of hydrogen-bond donors (Lipinski definition) is 2. The highest BCUT2D eigenvalue weighted by Gasteiger charge is 2.23. The highest BCUT2D eigenvalue weighted by molar-refractivity contribution is 14.0. The van der Waals surface area contributed by atoms with Crippen LogP contribution in [-0.4, -0.2) is 40.4 Å². The number of guanidine groups is 1. The summed E-state index contributed by atoms with van der Waals surface area (Å²) in [5.74, 6) is 2.80. The Morgan fingerprint density at radius 2 is 2.04 bits per heavy atom. The van der Waals surface area contributed by atoms with E-state index in [0.717, 1.165) is 50.0 Å². The molecule has 3 rings (SSSR count). The molecule has 148 valence electrons. The average molecular weight is 482 g/mol. The van der Waals surface area contributed by atoms with Crippen molar-refractivity contribution in [2.75, 3.05) is 13.6 Å². The second-order valence-corrected chi connectivity index (χ2v) is 7.89. The van der Waals surface area contributed by atoms with Gasteiger partial charge in [-0.25, -0.2) is 9.67 Å². The maximum Gasteiger partial charge on any atom is 0.191 e. The van der Waals surface area contributed by atoms with Gasteiger partial charge < -0.3 is 10.6 Å². The molecule has 0 bridgehead atoms. The molecule has 7 heteroatoms. The SMILES string of the molecule is CN=C(NCC(C)(C)Cc1ccccc1)NC1CCc2nc(C)nn2C1.I. The van der Waals surface area contributed by atoms with Gasteiger partial charge in [-0.05, 0) is 30.7 Å². The smallest absolute Gasteiger partial charge is 0.191 e. The molecule has 0 spiro atoms. The third-order valence-corrected chi connectivity index (χ3v) is 4.79. The van der Waals surface area contributed by atoms with Crippen molar-refractivity contribution in [3.05, 3.63) is 47.5 Å². The van der Waals surface area contributed by atoms with Gasteiger partial charge in [0.15, 0.2) is 5.96 Å². The van der Waals surface area contributed by atoms with E-state index in [4.69, 9.17) is 0 Å². The van der Waals surface area contributed by atoms with Crippen LogP contribution in [0.25, 0.3) is 0 Å². The summed E-state index contributed by atoms with van der Waals surface area (Å²) in [5.41, 5.74) is 1.51. The largest absolute Gasteiger partial charge is 0.356 e. The van der Waals surface area contributed by atoms with Gasteiger partial charge in [-0.1, -0.05) is 44.2 Å². The second-order valence-electron chi connectivity index (χ2n) is 7.89. The van der Waals surface area contributed by atoms with Gasteiger partial charge in [0, 0.05) is 26.1 Å². The fourth-order valence-electron chi connectivity index (χ4n) is 3.47. The molecule has 2 aromatic rings. The quantitative estimate of drug-likeness (QED) is 0.391. The van der Waals surface area contributed by atoms with E-state index in [0.29, 0.717) is 6.04 Å². The number of aromatic nitrogens is 3. The van der Waals surface area contributed by atoms with Crippen LogP contribution >= 0.6 is 24.0 Å². The number of nitrogens with zero attached hydrogens (tertiary/aromatic N) is 4. The van der Waals surface area contributed by atoms with Gasteiger partial charge in [-0.2, -0.15) is 5.10 Å². The number of nitrogens with one attached hydrogen (secondary N) is 2. The highest BCUT2D eigenvalue weighted by Crippen LogP contribution is 2.20. The summed E-state index contributed by atoms with van der Waals surface area (Å²) in [7, 11) is 1.83. The minimum absolute atomic E-state index is 0. The Bertz CT molecular complexity index is 753. The first kappa shape index (κ1) is 21.7. The van der Waals surface area contributed by atoms with Gasteiger partial charge in [0.25, 0.3) is 0 Å². The van der Waals surface area contributed by atoms with Crippen molar-refractivity contribution in [2.45, 2.75) is 52.6 Å². The Morgan fingerprint density at radius 3 is 2.74 bits per heavy atom. The predicted molar refractivity (Wildman–Crippen MR) is 121 cm³/mol. The van der Waals surface area contributed by atoms with Crippen molar-refractivity contribution in [1.82, 2.24) is 25.4 Å². The summed E-state index contributed by atoms with van der Waals surface area (Å²) in [6, 6.07) is 11.0. The van der Waals surface area contributed by atoms with Crippen molar-refractivity contribution >= 4 is 29.9 Å². The first-order valence-electron chi connectivity index (χ1n) is 9.37. The van der Waals surface area contributed by atoms with Crippen LogP contribution < -0.4 is 10.6 Å². The molecule has 0 radical (unpaired) electrons. The van der Waals surface area contributed by atoms with Gasteiger partial charge >= 0.3 is 0 Å². The molecule has 2 N–H and O–H groups in total. The van der Waals surface area contributed by atoms with E-state index < -0.39 is 0 Å². The van der Waals surface area contributed by atoms with Crippen LogP contribution in [0.4, 0.5) is 0 Å². The molecule has 2 heterocycles. The van der Waals surface area contributed by atoms with Crippen LogP contribution in [0.2, 0.25) is 0 Å². The number of rotatable bonds is 5. The lowest BCUT2D eigenvalue weighted by atomic mass is 9.86. The molecular formula is C20H31IN6. The number of aliphatic imine (C=N–C) groups is 1. The topological polar surface area (TPSA) is 67.1 Å². The fourth-order valence-corrected chi connectivity index (χ4v) is 3.47. The lowest BCUT2D eigenvalue weighted by Gasteiger charge is -2.29. The van der Waals surface area contributed by atoms with Gasteiger partial charge in [0.2, 0.25) is 0 Å². The van der Waals surface area contributed by atoms with E-state index in [9.17, 15) is 0 Å². The predicted octanol–water partition coefficient (Wildman–Crippen LogP) is 2.95. The van der Waals surface area contributed by atoms with Gasteiger partial charge in [-0.3, -0.25) is 4.99 Å². The second kappa shape index (κ2) is 9.52. The summed E-state index contributed by atoms with van der Waals surface area (Å²) < 4.78 is 2.02. The van der Waals surface area contributed by atoms with Gasteiger partial charge in [0.05, 0.1) is 6.54 Å². The monoisotopic (exact) mass is 482 g/mol. The zero-order valence-corrected chi connectivity index (χ0v) is 19.0. The van der Waals surface area contributed by atoms with E-state index in [1.165, 1.54) is 5.56 Å². The molecule has 1 aromatic heterocycles. The molecule has 0 saturated carbocycles. The lowest BCUT2D eigenvalue weighted by molar-refractivity contribution is 0.353. The zero-order chi connectivity index (χ0) is 18.6. The van der Waals surface area contributed by atoms with Crippen molar-refractivity contribution in [1.29, 1.82) is 0 Å². The molecule has 1 aliphatic heterocycles. The van der Waals surface area contributed by atoms with Crippen molar-refractivity contribution in [3.63, 3.8) is 0 Å². The molecule has 27 heavy (non-hydrogen) atoms. The summed E-state index contributed by atoms with van der Waals surface area (Å²) in [4.78, 5) is 8.87. The average Bonchev–Trinajstić information content (AvgIpc) is 2.98. The van der Waals surface area contributed by atoms with Crippen molar-refractivity contribution < 1.29 is 0 Å². The maximum absolute atomic E-state index is 4.47. The summed E-state index contributed by atoms with van der Waals surface area (Å²) >= 11 is 0. The summed E-state index contributed by atoms with van der Waals surface area (Å²) in [6.07, 6.45) is 3.03. The van der Waals surface area contributed by atoms with Gasteiger partial charge in [0.1, 0.15) is 11.6 Å². The van der Waals surface area contributed by atoms with E-state index in [1.54, 1.807) is 0 Å². The Labute approximate surface area is 179 Å². The van der Waals surface area contributed by atoms with E-state index in [2.05, 4.69) is 69.9 Å². The van der Waals surface area contributed by atoms with E-state index in [-0.39, 0.29) is 29.4 Å². The zero-order valence-electron chi connectivity index (χ0n) is 16.7. The minimum Gasteiger partial charge on any atom is -0.356 e. The third-order valence-electron chi connectivity index (χ3n) is 4.79. The Morgan fingerprint density at radius 1 is 1.30 bits per heavy atom. The first-order valence-corrected chi connectivity index (χ1v) is 9.37. The number of fused-ring (bicyclic) bond motifs is 1. The third kappa shape index (κ3) is 6.19. The molecule has 0 aliphatic carbocycles. The lowest BCUT2D eigenvalue weighted by Crippen LogP contribution is -2.49. The van der Waals surface area contributed by atoms with Crippen LogP contribution in [0.15, 0.2) is 35.3 Å². The highest BCUT2D eigenvalue weighted by atomic mass is 127. The Balaban J connectivity index is 0.00000261. The number of halogens is 1. The molecule has 1 unspecified atom stereocenters. The Hall–Kier alpha value is -1.64. The number of hydrogen-bond acceptors (Lipinski definition) is 3. The molecule has 6 nitrogen and oxygen atoms in total. The van der Waals surface area contributed by atoms with Crippen LogP contribution in [0.3, 0.4) is 0 Å². The number of benzene rings is 1. The Kier molecular flexibility index (Phi) is 7.64. The minimum atomic E-state index is 0. The maximum atomic E-state index is 4.47. The first-order chi connectivity index (χ1) is 12.4. The van der Waals surface area contributed by atoms with Crippen LogP contribution in [0, 0.1) is 12.3 Å². The van der Waals surface area contributed by atoms with Crippen molar-refractivity contribution in [2.24, 2.45) is 10.4 Å². The van der Waals surface area contributed by atoms with Crippen molar-refractivity contribution in [3.8, 4) is 0 Å². The molecular weight excluding hydrogens is 451 g/mol. The number of aryl methyl sites for hydroxylation is 2. The van der Waals surface area contributed by atoms with Crippen LogP contribution in [0.5, 0.6) is 0 Å². The van der Waals surface area contributed by atoms with Gasteiger partial charge in [-0.15, -0.1) is 24.0 Å². The summed E-state index contributed by atoms with van der Waals surface area (Å²) in [6.45, 7) is 8.21. The normalized spacial score (nSPS) is 17.0. The molecule has 0 saturated heterocycles. The van der Waals surface area contributed by atoms with Crippen LogP contribution in [-0.2, 0) is 19.4 Å². The van der Waals surface area contributed by atoms with Crippen LogP contribution in [0.1, 0.15) is 37.5 Å². The molecule has 0 amide bonds. The molecule has 1 aromatic carbocycles. The summed E-state index contributed by atoms with van der Waals surface area (Å²) in [5, 5.41) is 11.5. The van der Waals surface area contributed by atoms with E-state index in [1.807, 2.05) is 18.7 Å². The fraction of sp³-hybridized carbons (Fsp3) is 0.550.